The van der Waals surface area contributed by atoms with Crippen molar-refractivity contribution in [3.05, 3.63) is 34.1 Å². The molecule has 0 aromatic heterocycles. The molecule has 1 aromatic carbocycles. The Labute approximate surface area is 61.8 Å². The molecule has 2 heteroatoms. The monoisotopic (exact) mass is 187 g/mol. The third-order valence-corrected chi connectivity index (χ3v) is 2.07. The molecule has 1 aromatic rings. The molecule has 0 nitrogen and oxygen atoms in total. The normalized spacial score (nSPS) is 9.67. The maximum Gasteiger partial charge on any atom is 0.138 e. The maximum absolute atomic E-state index is 12.5. The van der Waals surface area contributed by atoms with Gasteiger partial charge >= 0.3 is 0 Å². The summed E-state index contributed by atoms with van der Waals surface area (Å²) in [6, 6.07) is 5.70. The van der Waals surface area contributed by atoms with E-state index in [0.29, 0.717) is 4.47 Å². The highest BCUT2D eigenvalue weighted by atomic mass is 79.9. The van der Waals surface area contributed by atoms with Gasteiger partial charge in [0.05, 0.1) is 4.47 Å². The van der Waals surface area contributed by atoms with Crippen LogP contribution in [0.1, 0.15) is 5.56 Å². The molecule has 0 fully saturated rings. The van der Waals surface area contributed by atoms with Gasteiger partial charge in [0.15, 0.2) is 0 Å². The summed E-state index contributed by atoms with van der Waals surface area (Å²) in [6.07, 6.45) is 0. The Kier molecular flexibility index (Phi) is 1.86. The van der Waals surface area contributed by atoms with E-state index in [4.69, 9.17) is 0 Å². The predicted octanol–water partition coefficient (Wildman–Crippen LogP) is 2.70. The predicted molar refractivity (Wildman–Crippen MR) is 37.7 cm³/mol. The first-order valence-corrected chi connectivity index (χ1v) is 3.33. The summed E-state index contributed by atoms with van der Waals surface area (Å²) in [7, 11) is 0. The minimum Gasteiger partial charge on any atom is -0.206 e. The molecule has 0 aliphatic rings. The van der Waals surface area contributed by atoms with E-state index in [0.717, 1.165) is 5.56 Å². The van der Waals surface area contributed by atoms with Crippen LogP contribution in [0.25, 0.3) is 0 Å². The molecule has 0 aliphatic heterocycles. The molecular formula is C7H5BrF. The fourth-order valence-corrected chi connectivity index (χ4v) is 0.784. The first kappa shape index (κ1) is 6.75. The average Bonchev–Trinajstić information content (AvgIpc) is 1.83. The van der Waals surface area contributed by atoms with E-state index in [1.807, 2.05) is 6.92 Å². The van der Waals surface area contributed by atoms with Gasteiger partial charge in [0.25, 0.3) is 0 Å². The summed E-state index contributed by atoms with van der Waals surface area (Å²) >= 11 is 3.08. The summed E-state index contributed by atoms with van der Waals surface area (Å²) in [5, 5.41) is 0. The van der Waals surface area contributed by atoms with Crippen molar-refractivity contribution >= 4 is 15.9 Å². The van der Waals surface area contributed by atoms with Crippen LogP contribution in [-0.2, 0) is 0 Å². The number of aryl methyl sites for hydroxylation is 1. The molecule has 0 heterocycles. The molecule has 9 heavy (non-hydrogen) atoms. The van der Waals surface area contributed by atoms with E-state index in [9.17, 15) is 4.39 Å². The second-order valence-corrected chi connectivity index (χ2v) is 2.59. The maximum atomic E-state index is 12.5. The minimum absolute atomic E-state index is 0.255. The van der Waals surface area contributed by atoms with E-state index in [1.54, 1.807) is 6.07 Å². The lowest BCUT2D eigenvalue weighted by atomic mass is 10.2. The molecule has 47 valence electrons. The molecule has 0 atom stereocenters. The molecule has 0 spiro atoms. The van der Waals surface area contributed by atoms with Crippen molar-refractivity contribution in [3.63, 3.8) is 0 Å². The Hall–Kier alpha value is -0.370. The molecule has 0 saturated heterocycles. The van der Waals surface area contributed by atoms with Crippen LogP contribution in [0.5, 0.6) is 0 Å². The lowest BCUT2D eigenvalue weighted by Crippen LogP contribution is -1.79. The van der Waals surface area contributed by atoms with Crippen LogP contribution in [0.4, 0.5) is 4.39 Å². The third-order valence-electron chi connectivity index (χ3n) is 1.07. The van der Waals surface area contributed by atoms with Crippen molar-refractivity contribution in [2.24, 2.45) is 0 Å². The fraction of sp³-hybridized carbons (Fsp3) is 0.143. The van der Waals surface area contributed by atoms with Crippen molar-refractivity contribution in [3.8, 4) is 0 Å². The van der Waals surface area contributed by atoms with Crippen LogP contribution in [-0.4, -0.2) is 0 Å². The highest BCUT2D eigenvalue weighted by Gasteiger charge is 1.98. The van der Waals surface area contributed by atoms with Crippen molar-refractivity contribution in [1.82, 2.24) is 0 Å². The zero-order chi connectivity index (χ0) is 6.85. The highest BCUT2D eigenvalue weighted by molar-refractivity contribution is 9.10. The lowest BCUT2D eigenvalue weighted by Gasteiger charge is -1.95. The molecule has 0 saturated carbocycles. The number of benzene rings is 1. The quantitative estimate of drug-likeness (QED) is 0.587. The fourth-order valence-electron chi connectivity index (χ4n) is 0.555. The van der Waals surface area contributed by atoms with E-state index in [1.165, 1.54) is 6.07 Å². The van der Waals surface area contributed by atoms with E-state index in [2.05, 4.69) is 22.0 Å². The first-order chi connectivity index (χ1) is 4.22. The van der Waals surface area contributed by atoms with Gasteiger partial charge in [-0.15, -0.1) is 0 Å². The van der Waals surface area contributed by atoms with Gasteiger partial charge < -0.3 is 0 Å². The van der Waals surface area contributed by atoms with Crippen molar-refractivity contribution in [2.45, 2.75) is 6.92 Å². The van der Waals surface area contributed by atoms with Crippen LogP contribution in [0.15, 0.2) is 16.6 Å². The first-order valence-electron chi connectivity index (χ1n) is 2.53. The van der Waals surface area contributed by atoms with E-state index >= 15 is 0 Å². The van der Waals surface area contributed by atoms with Gasteiger partial charge in [-0.25, -0.2) is 4.39 Å². The summed E-state index contributed by atoms with van der Waals surface area (Å²) in [5.41, 5.74) is 0.870. The van der Waals surface area contributed by atoms with Gasteiger partial charge in [0.1, 0.15) is 5.82 Å². The molecule has 0 N–H and O–H groups in total. The van der Waals surface area contributed by atoms with Gasteiger partial charge in [-0.1, -0.05) is 6.07 Å². The van der Waals surface area contributed by atoms with Gasteiger partial charge in [-0.2, -0.15) is 0 Å². The second kappa shape index (κ2) is 2.48. The summed E-state index contributed by atoms with van der Waals surface area (Å²) in [5.74, 6) is -0.255. The van der Waals surface area contributed by atoms with Crippen LogP contribution in [0, 0.1) is 18.8 Å². The Morgan fingerprint density at radius 2 is 2.22 bits per heavy atom. The summed E-state index contributed by atoms with van der Waals surface area (Å²) in [6.45, 7) is 1.82. The number of halogens is 2. The van der Waals surface area contributed by atoms with Gasteiger partial charge in [0.2, 0.25) is 0 Å². The molecule has 0 amide bonds. The molecule has 1 rings (SSSR count). The van der Waals surface area contributed by atoms with E-state index < -0.39 is 0 Å². The molecule has 0 aliphatic carbocycles. The van der Waals surface area contributed by atoms with Gasteiger partial charge in [-0.3, -0.25) is 0 Å². The minimum atomic E-state index is -0.255. The van der Waals surface area contributed by atoms with Crippen LogP contribution in [0.3, 0.4) is 0 Å². The second-order valence-electron chi connectivity index (χ2n) is 1.80. The Morgan fingerprint density at radius 1 is 1.56 bits per heavy atom. The molecule has 0 bridgehead atoms. The summed E-state index contributed by atoms with van der Waals surface area (Å²) in [4.78, 5) is 0. The SMILES string of the molecule is Cc1c[c]cc(F)c1Br. The van der Waals surface area contributed by atoms with Gasteiger partial charge in [0, 0.05) is 0 Å². The van der Waals surface area contributed by atoms with Crippen molar-refractivity contribution in [2.75, 3.05) is 0 Å². The Bertz CT molecular complexity index is 200. The van der Waals surface area contributed by atoms with Crippen molar-refractivity contribution < 1.29 is 4.39 Å². The average molecular weight is 188 g/mol. The molecular weight excluding hydrogens is 183 g/mol. The van der Waals surface area contributed by atoms with Crippen LogP contribution >= 0.6 is 15.9 Å². The third kappa shape index (κ3) is 1.30. The largest absolute Gasteiger partial charge is 0.206 e. The van der Waals surface area contributed by atoms with Gasteiger partial charge in [-0.05, 0) is 40.5 Å². The Balaban J connectivity index is 3.25. The van der Waals surface area contributed by atoms with Crippen LogP contribution < -0.4 is 0 Å². The Morgan fingerprint density at radius 3 is 2.67 bits per heavy atom. The van der Waals surface area contributed by atoms with E-state index in [-0.39, 0.29) is 5.82 Å². The zero-order valence-electron chi connectivity index (χ0n) is 4.91. The number of hydrogen-bond acceptors (Lipinski definition) is 0. The number of hydrogen-bond donors (Lipinski definition) is 0. The van der Waals surface area contributed by atoms with Crippen LogP contribution in [0.2, 0.25) is 0 Å². The summed E-state index contributed by atoms with van der Waals surface area (Å²) < 4.78 is 13.0. The number of rotatable bonds is 0. The zero-order valence-corrected chi connectivity index (χ0v) is 6.50. The molecule has 0 unspecified atom stereocenters. The topological polar surface area (TPSA) is 0 Å². The highest BCUT2D eigenvalue weighted by Crippen LogP contribution is 2.18. The molecule has 1 radical (unpaired) electrons. The van der Waals surface area contributed by atoms with Crippen molar-refractivity contribution in [1.29, 1.82) is 0 Å². The standard InChI is InChI=1S/C7H5BrF/c1-5-3-2-4-6(9)7(5)8/h3-4H,1H3. The lowest BCUT2D eigenvalue weighted by molar-refractivity contribution is 0.619. The smallest absolute Gasteiger partial charge is 0.138 e.